The number of amides is 1. The molecule has 0 atom stereocenters. The molecule has 1 aromatic carbocycles. The average Bonchev–Trinajstić information content (AvgIpc) is 3.47. The molecule has 0 unspecified atom stereocenters. The number of esters is 1. The van der Waals surface area contributed by atoms with Crippen LogP contribution < -0.4 is 5.32 Å². The number of benzene rings is 1. The number of furan rings is 1. The Balaban J connectivity index is 1.78. The third-order valence-corrected chi connectivity index (χ3v) is 5.34. The zero-order valence-electron chi connectivity index (χ0n) is 20.6. The van der Waals surface area contributed by atoms with Crippen LogP contribution in [-0.4, -0.2) is 44.7 Å². The van der Waals surface area contributed by atoms with Gasteiger partial charge in [0.05, 0.1) is 35.4 Å². The normalized spacial score (nSPS) is 11.2. The van der Waals surface area contributed by atoms with Crippen molar-refractivity contribution in [2.24, 2.45) is 0 Å². The smallest absolute Gasteiger partial charge is 0.420 e. The SMILES string of the molecule is CC(C)OC(=O)Cc1cnc2nc(-c3cc(NC(=O)c4ccco4)ccc3Cl)n(C(=O)OC(C)C)c2c1. The minimum absolute atomic E-state index is 0.0318. The average molecular weight is 525 g/mol. The molecule has 3 heterocycles. The predicted octanol–water partition coefficient (Wildman–Crippen LogP) is 5.48. The molecule has 1 N–H and O–H groups in total. The van der Waals surface area contributed by atoms with E-state index in [0.717, 1.165) is 0 Å². The Morgan fingerprint density at radius 1 is 1.08 bits per heavy atom. The number of pyridine rings is 1. The molecule has 0 fully saturated rings. The van der Waals surface area contributed by atoms with Crippen molar-refractivity contribution in [1.82, 2.24) is 14.5 Å². The topological polar surface area (TPSA) is 126 Å². The number of fused-ring (bicyclic) bond motifs is 1. The van der Waals surface area contributed by atoms with Gasteiger partial charge in [0.15, 0.2) is 17.2 Å². The third-order valence-electron chi connectivity index (χ3n) is 5.01. The highest BCUT2D eigenvalue weighted by Gasteiger charge is 2.24. The Morgan fingerprint density at radius 2 is 1.84 bits per heavy atom. The Hall–Kier alpha value is -4.18. The number of carbonyl (C=O) groups is 3. The first-order chi connectivity index (χ1) is 17.6. The van der Waals surface area contributed by atoms with Crippen LogP contribution in [0.2, 0.25) is 5.02 Å². The first kappa shape index (κ1) is 25.9. The maximum absolute atomic E-state index is 13.2. The minimum atomic E-state index is -0.697. The summed E-state index contributed by atoms with van der Waals surface area (Å²) in [5, 5.41) is 3.01. The van der Waals surface area contributed by atoms with Crippen molar-refractivity contribution in [2.45, 2.75) is 46.3 Å². The highest BCUT2D eigenvalue weighted by Crippen LogP contribution is 2.33. The zero-order chi connectivity index (χ0) is 26.7. The van der Waals surface area contributed by atoms with E-state index in [0.29, 0.717) is 22.3 Å². The zero-order valence-corrected chi connectivity index (χ0v) is 21.4. The molecule has 0 aliphatic rings. The molecule has 0 saturated heterocycles. The monoisotopic (exact) mass is 524 g/mol. The number of halogens is 1. The summed E-state index contributed by atoms with van der Waals surface area (Å²) in [5.74, 6) is -0.577. The fourth-order valence-corrected chi connectivity index (χ4v) is 3.77. The summed E-state index contributed by atoms with van der Waals surface area (Å²) in [6.07, 6.45) is 1.50. The van der Waals surface area contributed by atoms with E-state index in [4.69, 9.17) is 25.5 Å². The quantitative estimate of drug-likeness (QED) is 0.315. The van der Waals surface area contributed by atoms with E-state index < -0.39 is 24.1 Å². The number of ether oxygens (including phenoxy) is 2. The van der Waals surface area contributed by atoms with Crippen LogP contribution in [0.15, 0.2) is 53.3 Å². The predicted molar refractivity (Wildman–Crippen MR) is 137 cm³/mol. The van der Waals surface area contributed by atoms with Gasteiger partial charge in [-0.15, -0.1) is 0 Å². The molecule has 4 aromatic rings. The van der Waals surface area contributed by atoms with E-state index in [9.17, 15) is 14.4 Å². The van der Waals surface area contributed by atoms with Gasteiger partial charge in [0.1, 0.15) is 0 Å². The van der Waals surface area contributed by atoms with E-state index in [2.05, 4.69) is 15.3 Å². The second-order valence-corrected chi connectivity index (χ2v) is 9.14. The number of rotatable bonds is 7. The largest absolute Gasteiger partial charge is 0.463 e. The number of aromatic nitrogens is 3. The molecule has 0 spiro atoms. The van der Waals surface area contributed by atoms with Gasteiger partial charge in [0.2, 0.25) is 0 Å². The number of nitrogens with zero attached hydrogens (tertiary/aromatic N) is 3. The Bertz CT molecular complexity index is 1460. The molecular formula is C26H25ClN4O6. The van der Waals surface area contributed by atoms with E-state index in [1.165, 1.54) is 23.1 Å². The second kappa shape index (κ2) is 10.8. The van der Waals surface area contributed by atoms with Gasteiger partial charge in [-0.2, -0.15) is 0 Å². The lowest BCUT2D eigenvalue weighted by molar-refractivity contribution is -0.146. The van der Waals surface area contributed by atoms with Gasteiger partial charge in [0.25, 0.3) is 5.91 Å². The molecule has 0 bridgehead atoms. The fraction of sp³-hybridized carbons (Fsp3) is 0.269. The van der Waals surface area contributed by atoms with E-state index in [1.54, 1.807) is 58.0 Å². The van der Waals surface area contributed by atoms with Crippen molar-refractivity contribution in [3.8, 4) is 11.4 Å². The molecule has 0 aliphatic heterocycles. The van der Waals surface area contributed by atoms with Crippen LogP contribution >= 0.6 is 11.6 Å². The highest BCUT2D eigenvalue weighted by atomic mass is 35.5. The Kier molecular flexibility index (Phi) is 7.58. The molecule has 192 valence electrons. The lowest BCUT2D eigenvalue weighted by Gasteiger charge is -2.13. The molecule has 37 heavy (non-hydrogen) atoms. The number of nitrogens with one attached hydrogen (secondary N) is 1. The van der Waals surface area contributed by atoms with Gasteiger partial charge in [0, 0.05) is 17.4 Å². The van der Waals surface area contributed by atoms with Crippen LogP contribution in [0.3, 0.4) is 0 Å². The van der Waals surface area contributed by atoms with Crippen LogP contribution in [0.5, 0.6) is 0 Å². The van der Waals surface area contributed by atoms with Crippen molar-refractivity contribution < 1.29 is 28.3 Å². The summed E-state index contributed by atoms with van der Waals surface area (Å²) >= 11 is 6.51. The van der Waals surface area contributed by atoms with Crippen molar-refractivity contribution in [3.05, 3.63) is 65.2 Å². The maximum Gasteiger partial charge on any atom is 0.420 e. The number of imidazole rings is 1. The molecular weight excluding hydrogens is 500 g/mol. The van der Waals surface area contributed by atoms with Gasteiger partial charge in [-0.25, -0.2) is 19.3 Å². The fourth-order valence-electron chi connectivity index (χ4n) is 3.57. The minimum Gasteiger partial charge on any atom is -0.463 e. The van der Waals surface area contributed by atoms with Crippen LogP contribution in [0.4, 0.5) is 10.5 Å². The van der Waals surface area contributed by atoms with Crippen molar-refractivity contribution in [3.63, 3.8) is 0 Å². The summed E-state index contributed by atoms with van der Waals surface area (Å²) < 4.78 is 17.1. The van der Waals surface area contributed by atoms with E-state index in [1.807, 2.05) is 0 Å². The van der Waals surface area contributed by atoms with Crippen molar-refractivity contribution in [1.29, 1.82) is 0 Å². The lowest BCUT2D eigenvalue weighted by atomic mass is 10.1. The molecule has 10 nitrogen and oxygen atoms in total. The molecule has 3 aromatic heterocycles. The van der Waals surface area contributed by atoms with E-state index in [-0.39, 0.29) is 34.8 Å². The van der Waals surface area contributed by atoms with Gasteiger partial charge < -0.3 is 19.2 Å². The summed E-state index contributed by atoms with van der Waals surface area (Å²) in [5.41, 5.74) is 1.88. The van der Waals surface area contributed by atoms with Crippen molar-refractivity contribution in [2.75, 3.05) is 5.32 Å². The van der Waals surface area contributed by atoms with Crippen LogP contribution in [0.25, 0.3) is 22.6 Å². The number of carbonyl (C=O) groups excluding carboxylic acids is 3. The molecule has 0 saturated carbocycles. The second-order valence-electron chi connectivity index (χ2n) is 8.73. The first-order valence-corrected chi connectivity index (χ1v) is 11.9. The number of hydrogen-bond acceptors (Lipinski definition) is 8. The summed E-state index contributed by atoms with van der Waals surface area (Å²) in [4.78, 5) is 46.7. The third kappa shape index (κ3) is 5.97. The Labute approximate surface area is 217 Å². The summed E-state index contributed by atoms with van der Waals surface area (Å²) in [6, 6.07) is 9.56. The van der Waals surface area contributed by atoms with Crippen LogP contribution in [-0.2, 0) is 20.7 Å². The maximum atomic E-state index is 13.2. The number of hydrogen-bond donors (Lipinski definition) is 1. The highest BCUT2D eigenvalue weighted by molar-refractivity contribution is 6.33. The molecule has 4 rings (SSSR count). The molecule has 0 radical (unpaired) electrons. The van der Waals surface area contributed by atoms with E-state index >= 15 is 0 Å². The van der Waals surface area contributed by atoms with Gasteiger partial charge in [-0.3, -0.25) is 9.59 Å². The lowest BCUT2D eigenvalue weighted by Crippen LogP contribution is -2.19. The van der Waals surface area contributed by atoms with Crippen molar-refractivity contribution >= 4 is 46.4 Å². The Morgan fingerprint density at radius 3 is 2.51 bits per heavy atom. The van der Waals surface area contributed by atoms with Gasteiger partial charge in [-0.05, 0) is 69.7 Å². The molecule has 11 heteroatoms. The van der Waals surface area contributed by atoms with Gasteiger partial charge >= 0.3 is 12.1 Å². The van der Waals surface area contributed by atoms with Crippen LogP contribution in [0.1, 0.15) is 43.8 Å². The summed E-state index contributed by atoms with van der Waals surface area (Å²) in [7, 11) is 0. The molecule has 0 aliphatic carbocycles. The standard InChI is InChI=1S/C26H25ClN4O6/c1-14(2)36-22(32)11-16-10-20-23(28-13-16)30-24(31(20)26(34)37-15(3)4)18-12-17(7-8-19(18)27)29-25(33)21-6-5-9-35-21/h5-10,12-15H,11H2,1-4H3,(H,29,33). The summed E-state index contributed by atoms with van der Waals surface area (Å²) in [6.45, 7) is 6.97. The number of anilines is 1. The van der Waals surface area contributed by atoms with Gasteiger partial charge in [-0.1, -0.05) is 11.6 Å². The molecule has 1 amide bonds. The first-order valence-electron chi connectivity index (χ1n) is 11.5. The van der Waals surface area contributed by atoms with Crippen LogP contribution in [0, 0.1) is 0 Å².